The Labute approximate surface area is 121 Å². The summed E-state index contributed by atoms with van der Waals surface area (Å²) in [5, 5.41) is 13.6. The summed E-state index contributed by atoms with van der Waals surface area (Å²) in [5.41, 5.74) is -0.432. The largest absolute Gasteiger partial charge is 0.349 e. The molecule has 0 fully saturated rings. The predicted octanol–water partition coefficient (Wildman–Crippen LogP) is 3.24. The number of halogens is 2. The summed E-state index contributed by atoms with van der Waals surface area (Å²) in [6, 6.07) is 3.92. The van der Waals surface area contributed by atoms with Crippen molar-refractivity contribution in [3.05, 3.63) is 38.9 Å². The molecule has 1 amide bonds. The Morgan fingerprint density at radius 3 is 2.63 bits per heavy atom. The van der Waals surface area contributed by atoms with Gasteiger partial charge in [-0.15, -0.1) is 11.6 Å². The van der Waals surface area contributed by atoms with Gasteiger partial charge in [-0.1, -0.05) is 24.6 Å². The molecule has 104 valence electrons. The van der Waals surface area contributed by atoms with E-state index in [0.29, 0.717) is 5.88 Å². The van der Waals surface area contributed by atoms with Crippen molar-refractivity contribution < 1.29 is 9.72 Å². The van der Waals surface area contributed by atoms with Crippen LogP contribution in [-0.4, -0.2) is 22.8 Å². The van der Waals surface area contributed by atoms with Gasteiger partial charge in [0.05, 0.1) is 9.95 Å². The first kappa shape index (κ1) is 15.7. The Morgan fingerprint density at radius 1 is 1.47 bits per heavy atom. The lowest BCUT2D eigenvalue weighted by Crippen LogP contribution is -2.38. The van der Waals surface area contributed by atoms with Gasteiger partial charge in [-0.05, 0) is 18.9 Å². The SMILES string of the molecule is CC(CCl)C(C)NC(=O)c1c(Cl)cccc1[N+](=O)[O-]. The summed E-state index contributed by atoms with van der Waals surface area (Å²) < 4.78 is 0. The number of nitrogens with one attached hydrogen (secondary N) is 1. The van der Waals surface area contributed by atoms with Crippen LogP contribution in [0.25, 0.3) is 0 Å². The molecule has 0 aliphatic heterocycles. The maximum Gasteiger partial charge on any atom is 0.283 e. The topological polar surface area (TPSA) is 72.2 Å². The molecule has 0 aliphatic carbocycles. The van der Waals surface area contributed by atoms with Gasteiger partial charge in [0.2, 0.25) is 0 Å². The van der Waals surface area contributed by atoms with Crippen LogP contribution in [0.2, 0.25) is 5.02 Å². The maximum atomic E-state index is 12.1. The number of amides is 1. The Bertz CT molecular complexity index is 494. The summed E-state index contributed by atoms with van der Waals surface area (Å²) >= 11 is 11.6. The highest BCUT2D eigenvalue weighted by molar-refractivity contribution is 6.34. The average molecular weight is 305 g/mol. The van der Waals surface area contributed by atoms with Crippen molar-refractivity contribution in [2.45, 2.75) is 19.9 Å². The third-order valence-electron chi connectivity index (χ3n) is 2.87. The van der Waals surface area contributed by atoms with E-state index >= 15 is 0 Å². The first-order chi connectivity index (χ1) is 8.88. The summed E-state index contributed by atoms with van der Waals surface area (Å²) in [6.45, 7) is 3.66. The first-order valence-corrected chi connectivity index (χ1v) is 6.59. The van der Waals surface area contributed by atoms with Crippen LogP contribution in [0.15, 0.2) is 18.2 Å². The lowest BCUT2D eigenvalue weighted by Gasteiger charge is -2.19. The molecule has 0 heterocycles. The van der Waals surface area contributed by atoms with E-state index in [0.717, 1.165) is 0 Å². The molecule has 19 heavy (non-hydrogen) atoms. The van der Waals surface area contributed by atoms with Crippen LogP contribution in [0.3, 0.4) is 0 Å². The standard InChI is InChI=1S/C12H14Cl2N2O3/c1-7(6-13)8(2)15-12(17)11-9(14)4-3-5-10(11)16(18)19/h3-5,7-8H,6H2,1-2H3,(H,15,17). The molecule has 1 aromatic rings. The summed E-state index contributed by atoms with van der Waals surface area (Å²) in [5.74, 6) is -0.138. The summed E-state index contributed by atoms with van der Waals surface area (Å²) in [4.78, 5) is 22.4. The van der Waals surface area contributed by atoms with Crippen molar-refractivity contribution in [1.29, 1.82) is 0 Å². The van der Waals surface area contributed by atoms with Gasteiger partial charge in [0.25, 0.3) is 11.6 Å². The van der Waals surface area contributed by atoms with Crippen LogP contribution in [-0.2, 0) is 0 Å². The number of carbonyl (C=O) groups is 1. The minimum atomic E-state index is -0.629. The number of nitro groups is 1. The Balaban J connectivity index is 3.03. The highest BCUT2D eigenvalue weighted by Gasteiger charge is 2.25. The van der Waals surface area contributed by atoms with E-state index in [1.54, 1.807) is 6.92 Å². The van der Waals surface area contributed by atoms with Crippen LogP contribution in [0, 0.1) is 16.0 Å². The second kappa shape index (κ2) is 6.73. The van der Waals surface area contributed by atoms with Crippen LogP contribution in [0.1, 0.15) is 24.2 Å². The molecule has 0 bridgehead atoms. The Morgan fingerprint density at radius 2 is 2.11 bits per heavy atom. The fourth-order valence-corrected chi connectivity index (χ4v) is 1.97. The number of rotatable bonds is 5. The number of hydrogen-bond acceptors (Lipinski definition) is 3. The lowest BCUT2D eigenvalue weighted by atomic mass is 10.1. The van der Waals surface area contributed by atoms with E-state index in [1.807, 2.05) is 6.92 Å². The molecule has 7 heteroatoms. The molecule has 0 saturated carbocycles. The highest BCUT2D eigenvalue weighted by Crippen LogP contribution is 2.26. The molecule has 5 nitrogen and oxygen atoms in total. The minimum absolute atomic E-state index is 0.0483. The van der Waals surface area contributed by atoms with E-state index in [1.165, 1.54) is 18.2 Å². The molecule has 1 N–H and O–H groups in total. The Kier molecular flexibility index (Phi) is 5.57. The summed E-state index contributed by atoms with van der Waals surface area (Å²) in [6.07, 6.45) is 0. The van der Waals surface area contributed by atoms with Crippen molar-refractivity contribution in [3.8, 4) is 0 Å². The summed E-state index contributed by atoms with van der Waals surface area (Å²) in [7, 11) is 0. The van der Waals surface area contributed by atoms with E-state index in [4.69, 9.17) is 23.2 Å². The van der Waals surface area contributed by atoms with Crippen LogP contribution in [0.4, 0.5) is 5.69 Å². The van der Waals surface area contributed by atoms with Gasteiger partial charge < -0.3 is 5.32 Å². The van der Waals surface area contributed by atoms with Crippen molar-refractivity contribution in [1.82, 2.24) is 5.32 Å². The lowest BCUT2D eigenvalue weighted by molar-refractivity contribution is -0.385. The van der Waals surface area contributed by atoms with Crippen molar-refractivity contribution in [2.75, 3.05) is 5.88 Å². The third kappa shape index (κ3) is 3.81. The fraction of sp³-hybridized carbons (Fsp3) is 0.417. The number of benzene rings is 1. The number of hydrogen-bond donors (Lipinski definition) is 1. The third-order valence-corrected chi connectivity index (χ3v) is 3.67. The van der Waals surface area contributed by atoms with E-state index in [2.05, 4.69) is 5.32 Å². The molecule has 0 saturated heterocycles. The molecule has 0 aromatic heterocycles. The van der Waals surface area contributed by atoms with Crippen molar-refractivity contribution in [3.63, 3.8) is 0 Å². The van der Waals surface area contributed by atoms with Gasteiger partial charge in [0.1, 0.15) is 5.56 Å². The van der Waals surface area contributed by atoms with Gasteiger partial charge in [0, 0.05) is 18.0 Å². The molecule has 0 spiro atoms. The molecule has 2 atom stereocenters. The molecule has 0 aliphatic rings. The fourth-order valence-electron chi connectivity index (χ4n) is 1.44. The molecular formula is C12H14Cl2N2O3. The van der Waals surface area contributed by atoms with Gasteiger partial charge in [-0.25, -0.2) is 0 Å². The predicted molar refractivity (Wildman–Crippen MR) is 74.9 cm³/mol. The normalized spacial score (nSPS) is 13.7. The second-order valence-electron chi connectivity index (χ2n) is 4.28. The molecule has 1 aromatic carbocycles. The number of nitrogens with zero attached hydrogens (tertiary/aromatic N) is 1. The highest BCUT2D eigenvalue weighted by atomic mass is 35.5. The van der Waals surface area contributed by atoms with Gasteiger partial charge >= 0.3 is 0 Å². The minimum Gasteiger partial charge on any atom is -0.349 e. The van der Waals surface area contributed by atoms with E-state index in [-0.39, 0.29) is 28.2 Å². The van der Waals surface area contributed by atoms with E-state index in [9.17, 15) is 14.9 Å². The quantitative estimate of drug-likeness (QED) is 0.515. The average Bonchev–Trinajstić information content (AvgIpc) is 2.36. The maximum absolute atomic E-state index is 12.1. The zero-order chi connectivity index (χ0) is 14.6. The molecular weight excluding hydrogens is 291 g/mol. The van der Waals surface area contributed by atoms with Crippen LogP contribution in [0.5, 0.6) is 0 Å². The van der Waals surface area contributed by atoms with Crippen molar-refractivity contribution >= 4 is 34.8 Å². The van der Waals surface area contributed by atoms with E-state index < -0.39 is 10.8 Å². The zero-order valence-electron chi connectivity index (χ0n) is 10.5. The van der Waals surface area contributed by atoms with Crippen molar-refractivity contribution in [2.24, 2.45) is 5.92 Å². The smallest absolute Gasteiger partial charge is 0.283 e. The monoisotopic (exact) mass is 304 g/mol. The van der Waals surface area contributed by atoms with Gasteiger partial charge in [0.15, 0.2) is 0 Å². The van der Waals surface area contributed by atoms with Crippen LogP contribution < -0.4 is 5.32 Å². The molecule has 1 rings (SSSR count). The molecule has 0 radical (unpaired) electrons. The zero-order valence-corrected chi connectivity index (χ0v) is 12.0. The van der Waals surface area contributed by atoms with Gasteiger partial charge in [-0.3, -0.25) is 14.9 Å². The number of nitro benzene ring substituents is 1. The van der Waals surface area contributed by atoms with Gasteiger partial charge in [-0.2, -0.15) is 0 Å². The first-order valence-electron chi connectivity index (χ1n) is 5.68. The second-order valence-corrected chi connectivity index (χ2v) is 5.00. The Hall–Kier alpha value is -1.33. The molecule has 2 unspecified atom stereocenters. The number of alkyl halides is 1. The van der Waals surface area contributed by atoms with Crippen LogP contribution >= 0.6 is 23.2 Å². The number of carbonyl (C=O) groups excluding carboxylic acids is 1.